The van der Waals surface area contributed by atoms with Crippen molar-refractivity contribution in [3.05, 3.63) is 65.7 Å². The van der Waals surface area contributed by atoms with E-state index in [0.29, 0.717) is 0 Å². The minimum absolute atomic E-state index is 0.120. The topological polar surface area (TPSA) is 46.6 Å². The second-order valence-corrected chi connectivity index (χ2v) is 8.52. The van der Waals surface area contributed by atoms with Gasteiger partial charge in [0.2, 0.25) is 0 Å². The molecular formula is C17H18BrNO3S. The summed E-state index contributed by atoms with van der Waals surface area (Å²) in [6.07, 6.45) is -0.250. The van der Waals surface area contributed by atoms with Gasteiger partial charge in [-0.15, -0.1) is 0 Å². The third kappa shape index (κ3) is 3.08. The second-order valence-electron chi connectivity index (χ2n) is 5.68. The highest BCUT2D eigenvalue weighted by atomic mass is 79.9. The van der Waals surface area contributed by atoms with Crippen LogP contribution in [0.4, 0.5) is 0 Å². The molecule has 1 aliphatic heterocycles. The Bertz CT molecular complexity index is 777. The predicted molar refractivity (Wildman–Crippen MR) is 92.6 cm³/mol. The van der Waals surface area contributed by atoms with E-state index in [9.17, 15) is 8.42 Å². The molecule has 1 heterocycles. The van der Waals surface area contributed by atoms with E-state index in [1.165, 1.54) is 0 Å². The van der Waals surface area contributed by atoms with Crippen molar-refractivity contribution in [3.8, 4) is 0 Å². The molecule has 4 nitrogen and oxygen atoms in total. The average Bonchev–Trinajstić information content (AvgIpc) is 2.85. The normalized spacial score (nSPS) is 25.6. The van der Waals surface area contributed by atoms with Gasteiger partial charge in [0.05, 0.1) is 21.9 Å². The molecule has 2 aromatic carbocycles. The smallest absolute Gasteiger partial charge is 0.265 e. The number of rotatable bonds is 3. The number of sulfonamides is 1. The summed E-state index contributed by atoms with van der Waals surface area (Å²) in [5.74, 6) is 0. The molecule has 2 unspecified atom stereocenters. The van der Waals surface area contributed by atoms with Crippen molar-refractivity contribution in [1.29, 1.82) is 0 Å². The lowest BCUT2D eigenvalue weighted by Crippen LogP contribution is -2.31. The lowest BCUT2D eigenvalue weighted by molar-refractivity contribution is -0.0839. The molecule has 0 amide bonds. The molecule has 1 aliphatic rings. The highest BCUT2D eigenvalue weighted by molar-refractivity contribution is 9.09. The second kappa shape index (κ2) is 6.36. The number of aryl methyl sites for hydroxylation is 1. The minimum Gasteiger partial charge on any atom is -0.279 e. The van der Waals surface area contributed by atoms with Crippen LogP contribution in [-0.4, -0.2) is 23.8 Å². The SMILES string of the molecule is Cc1ccc(S(=O)(=O)N2OC(C)[C@H](Br)C2c2ccccc2)cc1. The summed E-state index contributed by atoms with van der Waals surface area (Å²) in [7, 11) is -3.74. The molecule has 0 saturated carbocycles. The predicted octanol–water partition coefficient (Wildman–Crippen LogP) is 3.82. The van der Waals surface area contributed by atoms with E-state index in [2.05, 4.69) is 15.9 Å². The number of nitrogens with zero attached hydrogens (tertiary/aromatic N) is 1. The van der Waals surface area contributed by atoms with E-state index in [4.69, 9.17) is 4.84 Å². The Labute approximate surface area is 145 Å². The van der Waals surface area contributed by atoms with Gasteiger partial charge in [0.15, 0.2) is 0 Å². The summed E-state index contributed by atoms with van der Waals surface area (Å²) in [5, 5.41) is 0. The minimum atomic E-state index is -3.74. The van der Waals surface area contributed by atoms with Crippen molar-refractivity contribution in [2.45, 2.75) is 35.7 Å². The zero-order chi connectivity index (χ0) is 16.6. The summed E-state index contributed by atoms with van der Waals surface area (Å²) in [6.45, 7) is 3.78. The maximum absolute atomic E-state index is 13.0. The van der Waals surface area contributed by atoms with Crippen LogP contribution in [0.1, 0.15) is 24.1 Å². The Morgan fingerprint density at radius 3 is 2.26 bits per heavy atom. The number of alkyl halides is 1. The van der Waals surface area contributed by atoms with Crippen molar-refractivity contribution in [2.24, 2.45) is 0 Å². The maximum Gasteiger partial charge on any atom is 0.265 e. The van der Waals surface area contributed by atoms with Crippen LogP contribution in [-0.2, 0) is 14.9 Å². The fraction of sp³-hybridized carbons (Fsp3) is 0.294. The first-order chi connectivity index (χ1) is 10.9. The van der Waals surface area contributed by atoms with Gasteiger partial charge in [0.25, 0.3) is 10.0 Å². The largest absolute Gasteiger partial charge is 0.279 e. The number of benzene rings is 2. The molecule has 1 saturated heterocycles. The van der Waals surface area contributed by atoms with Crippen LogP contribution in [0.15, 0.2) is 59.5 Å². The first kappa shape index (κ1) is 16.6. The zero-order valence-electron chi connectivity index (χ0n) is 12.9. The highest BCUT2D eigenvalue weighted by Crippen LogP contribution is 2.42. The van der Waals surface area contributed by atoms with Gasteiger partial charge in [0, 0.05) is 0 Å². The van der Waals surface area contributed by atoms with Crippen molar-refractivity contribution in [2.75, 3.05) is 0 Å². The van der Waals surface area contributed by atoms with Crippen molar-refractivity contribution >= 4 is 26.0 Å². The van der Waals surface area contributed by atoms with Gasteiger partial charge in [-0.2, -0.15) is 0 Å². The summed E-state index contributed by atoms with van der Waals surface area (Å²) >= 11 is 3.59. The van der Waals surface area contributed by atoms with Crippen molar-refractivity contribution in [1.82, 2.24) is 4.47 Å². The Balaban J connectivity index is 2.04. The summed E-state index contributed by atoms with van der Waals surface area (Å²) in [4.78, 5) is 5.80. The number of hydrogen-bond acceptors (Lipinski definition) is 3. The van der Waals surface area contributed by atoms with Gasteiger partial charge in [0.1, 0.15) is 0 Å². The van der Waals surface area contributed by atoms with E-state index in [1.54, 1.807) is 24.3 Å². The van der Waals surface area contributed by atoms with Crippen LogP contribution in [0.3, 0.4) is 0 Å². The summed E-state index contributed by atoms with van der Waals surface area (Å²) < 4.78 is 27.1. The monoisotopic (exact) mass is 395 g/mol. The fourth-order valence-electron chi connectivity index (χ4n) is 2.64. The first-order valence-electron chi connectivity index (χ1n) is 7.38. The van der Waals surface area contributed by atoms with Gasteiger partial charge >= 0.3 is 0 Å². The Morgan fingerprint density at radius 1 is 1.04 bits per heavy atom. The van der Waals surface area contributed by atoms with Gasteiger partial charge in [-0.3, -0.25) is 4.84 Å². The van der Waals surface area contributed by atoms with Gasteiger partial charge in [-0.1, -0.05) is 68.4 Å². The van der Waals surface area contributed by atoms with E-state index in [0.717, 1.165) is 15.6 Å². The van der Waals surface area contributed by atoms with E-state index in [1.807, 2.05) is 44.2 Å². The standard InChI is InChI=1S/C17H18BrNO3S/c1-12-8-10-15(11-9-12)23(20,21)19-17(16(18)13(2)22-19)14-6-4-3-5-7-14/h3-11,13,16-17H,1-2H3/t13?,16-,17?/m0/s1. The molecule has 122 valence electrons. The van der Waals surface area contributed by atoms with Crippen LogP contribution in [0.5, 0.6) is 0 Å². The van der Waals surface area contributed by atoms with Crippen molar-refractivity contribution in [3.63, 3.8) is 0 Å². The van der Waals surface area contributed by atoms with Crippen LogP contribution in [0, 0.1) is 6.92 Å². The molecule has 3 rings (SSSR count). The third-order valence-electron chi connectivity index (χ3n) is 3.94. The number of hydroxylamine groups is 1. The van der Waals surface area contributed by atoms with Crippen LogP contribution < -0.4 is 0 Å². The Morgan fingerprint density at radius 2 is 1.65 bits per heavy atom. The average molecular weight is 396 g/mol. The molecule has 2 aromatic rings. The molecule has 0 N–H and O–H groups in total. The molecule has 0 spiro atoms. The highest BCUT2D eigenvalue weighted by Gasteiger charge is 2.47. The molecule has 1 fully saturated rings. The third-order valence-corrected chi connectivity index (χ3v) is 6.84. The summed E-state index contributed by atoms with van der Waals surface area (Å²) in [5.41, 5.74) is 1.91. The quantitative estimate of drug-likeness (QED) is 0.741. The van der Waals surface area contributed by atoms with Crippen LogP contribution in [0.25, 0.3) is 0 Å². The van der Waals surface area contributed by atoms with E-state index in [-0.39, 0.29) is 15.8 Å². The fourth-order valence-corrected chi connectivity index (χ4v) is 4.90. The molecule has 0 bridgehead atoms. The molecule has 3 atom stereocenters. The molecule has 0 aromatic heterocycles. The van der Waals surface area contributed by atoms with Gasteiger partial charge in [-0.05, 0) is 31.5 Å². The molecule has 6 heteroatoms. The summed E-state index contributed by atoms with van der Waals surface area (Å²) in [6, 6.07) is 15.9. The van der Waals surface area contributed by atoms with Gasteiger partial charge < -0.3 is 0 Å². The van der Waals surface area contributed by atoms with Crippen LogP contribution in [0.2, 0.25) is 0 Å². The number of hydrogen-bond donors (Lipinski definition) is 0. The lowest BCUT2D eigenvalue weighted by atomic mass is 10.0. The molecular weight excluding hydrogens is 378 g/mol. The lowest BCUT2D eigenvalue weighted by Gasteiger charge is -2.23. The number of halogens is 1. The Hall–Kier alpha value is -1.21. The molecule has 0 aliphatic carbocycles. The first-order valence-corrected chi connectivity index (χ1v) is 9.74. The van der Waals surface area contributed by atoms with Crippen molar-refractivity contribution < 1.29 is 13.3 Å². The Kier molecular flexibility index (Phi) is 4.60. The van der Waals surface area contributed by atoms with Crippen LogP contribution >= 0.6 is 15.9 Å². The maximum atomic E-state index is 13.0. The van der Waals surface area contributed by atoms with Gasteiger partial charge in [-0.25, -0.2) is 8.42 Å². The molecule has 0 radical (unpaired) electrons. The molecule has 23 heavy (non-hydrogen) atoms. The zero-order valence-corrected chi connectivity index (χ0v) is 15.3. The van der Waals surface area contributed by atoms with E-state index >= 15 is 0 Å². The van der Waals surface area contributed by atoms with E-state index < -0.39 is 16.1 Å².